The maximum Gasteiger partial charge on any atom is 0.270 e. The molecule has 3 aromatic rings. The molecule has 0 radical (unpaired) electrons. The minimum Gasteiger partial charge on any atom is -0.258 e. The average molecular weight is 300 g/mol. The normalized spacial score (nSPS) is 10.7. The summed E-state index contributed by atoms with van der Waals surface area (Å²) in [7, 11) is 0. The van der Waals surface area contributed by atoms with Crippen LogP contribution < -0.4 is 0 Å². The molecule has 6 heteroatoms. The Hall–Kier alpha value is -2.60. The first-order valence-corrected chi connectivity index (χ1v) is 6.86. The minimum absolute atomic E-state index is 0.000746. The van der Waals surface area contributed by atoms with Crippen LogP contribution in [0, 0.1) is 15.9 Å². The van der Waals surface area contributed by atoms with Crippen molar-refractivity contribution in [2.45, 2.75) is 0 Å². The van der Waals surface area contributed by atoms with Crippen LogP contribution in [0.5, 0.6) is 0 Å². The molecular formula is C15H9FN2O2S. The first-order chi connectivity index (χ1) is 10.0. The van der Waals surface area contributed by atoms with Crippen molar-refractivity contribution in [1.82, 2.24) is 4.98 Å². The fourth-order valence-corrected chi connectivity index (χ4v) is 2.90. The third-order valence-electron chi connectivity index (χ3n) is 3.01. The van der Waals surface area contributed by atoms with Gasteiger partial charge in [0.1, 0.15) is 10.8 Å². The second kappa shape index (κ2) is 5.06. The highest BCUT2D eigenvalue weighted by Gasteiger charge is 2.12. The Morgan fingerprint density at radius 1 is 1.29 bits per heavy atom. The van der Waals surface area contributed by atoms with Crippen LogP contribution in [-0.2, 0) is 0 Å². The van der Waals surface area contributed by atoms with Gasteiger partial charge in [-0.2, -0.15) is 0 Å². The number of halogens is 1. The highest BCUT2D eigenvalue weighted by Crippen LogP contribution is 2.31. The highest BCUT2D eigenvalue weighted by atomic mass is 32.1. The van der Waals surface area contributed by atoms with Gasteiger partial charge < -0.3 is 0 Å². The Labute approximate surface area is 123 Å². The molecule has 3 rings (SSSR count). The lowest BCUT2D eigenvalue weighted by Gasteiger charge is -2.01. The van der Waals surface area contributed by atoms with Crippen LogP contribution in [0.15, 0.2) is 49.0 Å². The molecule has 0 saturated carbocycles. The monoisotopic (exact) mass is 300 g/mol. The van der Waals surface area contributed by atoms with Crippen LogP contribution in [0.1, 0.15) is 10.6 Å². The van der Waals surface area contributed by atoms with E-state index in [2.05, 4.69) is 11.6 Å². The molecule has 0 aliphatic heterocycles. The van der Waals surface area contributed by atoms with Crippen LogP contribution in [-0.4, -0.2) is 9.91 Å². The van der Waals surface area contributed by atoms with Crippen LogP contribution in [0.25, 0.3) is 15.8 Å². The number of benzene rings is 2. The Morgan fingerprint density at radius 2 is 2.10 bits per heavy atom. The first kappa shape index (κ1) is 13.4. The molecule has 21 heavy (non-hydrogen) atoms. The highest BCUT2D eigenvalue weighted by molar-refractivity contribution is 7.19. The zero-order valence-corrected chi connectivity index (χ0v) is 11.6. The molecule has 0 atom stereocenters. The maximum absolute atomic E-state index is 13.2. The number of thiazole rings is 1. The summed E-state index contributed by atoms with van der Waals surface area (Å²) < 4.78 is 14.0. The van der Waals surface area contributed by atoms with Crippen molar-refractivity contribution in [3.05, 3.63) is 75.5 Å². The molecule has 2 aromatic carbocycles. The van der Waals surface area contributed by atoms with Gasteiger partial charge in [0.15, 0.2) is 0 Å². The van der Waals surface area contributed by atoms with Gasteiger partial charge in [0.25, 0.3) is 5.69 Å². The summed E-state index contributed by atoms with van der Waals surface area (Å²) >= 11 is 1.38. The Bertz CT molecular complexity index is 873. The van der Waals surface area contributed by atoms with E-state index in [1.54, 1.807) is 18.2 Å². The number of nitro benzene ring substituents is 1. The van der Waals surface area contributed by atoms with Crippen molar-refractivity contribution in [1.29, 1.82) is 0 Å². The topological polar surface area (TPSA) is 56.0 Å². The molecule has 0 aliphatic rings. The molecule has 4 nitrogen and oxygen atoms in total. The van der Waals surface area contributed by atoms with E-state index in [4.69, 9.17) is 0 Å². The molecule has 0 aliphatic carbocycles. The van der Waals surface area contributed by atoms with Crippen molar-refractivity contribution in [2.75, 3.05) is 0 Å². The van der Waals surface area contributed by atoms with Crippen LogP contribution in [0.2, 0.25) is 0 Å². The van der Waals surface area contributed by atoms with Crippen molar-refractivity contribution in [3.63, 3.8) is 0 Å². The van der Waals surface area contributed by atoms with Crippen molar-refractivity contribution in [3.8, 4) is 0 Å². The van der Waals surface area contributed by atoms with Crippen molar-refractivity contribution < 1.29 is 9.31 Å². The second-order valence-electron chi connectivity index (χ2n) is 4.42. The molecule has 0 saturated heterocycles. The van der Waals surface area contributed by atoms with Gasteiger partial charge in [-0.25, -0.2) is 9.37 Å². The van der Waals surface area contributed by atoms with Gasteiger partial charge in [-0.3, -0.25) is 10.1 Å². The summed E-state index contributed by atoms with van der Waals surface area (Å²) in [5.74, 6) is -0.347. The third-order valence-corrected chi connectivity index (χ3v) is 4.11. The van der Waals surface area contributed by atoms with Gasteiger partial charge in [-0.05, 0) is 17.7 Å². The van der Waals surface area contributed by atoms with E-state index < -0.39 is 4.92 Å². The maximum atomic E-state index is 13.2. The average Bonchev–Trinajstić information content (AvgIpc) is 2.89. The summed E-state index contributed by atoms with van der Waals surface area (Å²) in [6.45, 7) is 3.94. The lowest BCUT2D eigenvalue weighted by Crippen LogP contribution is -1.90. The van der Waals surface area contributed by atoms with Gasteiger partial charge >= 0.3 is 0 Å². The fourth-order valence-electron chi connectivity index (χ4n) is 1.96. The van der Waals surface area contributed by atoms with Gasteiger partial charge in [-0.1, -0.05) is 18.7 Å². The molecule has 0 bridgehead atoms. The lowest BCUT2D eigenvalue weighted by atomic mass is 10.1. The van der Waals surface area contributed by atoms with E-state index in [9.17, 15) is 14.5 Å². The van der Waals surface area contributed by atoms with Crippen LogP contribution >= 0.6 is 11.3 Å². The fraction of sp³-hybridized carbons (Fsp3) is 0. The number of aromatic nitrogens is 1. The number of hydrogen-bond donors (Lipinski definition) is 0. The summed E-state index contributed by atoms with van der Waals surface area (Å²) in [5.41, 5.74) is 1.77. The summed E-state index contributed by atoms with van der Waals surface area (Å²) in [6.07, 6.45) is 0. The zero-order valence-electron chi connectivity index (χ0n) is 10.7. The molecule has 0 unspecified atom stereocenters. The lowest BCUT2D eigenvalue weighted by molar-refractivity contribution is -0.384. The molecule has 0 fully saturated rings. The smallest absolute Gasteiger partial charge is 0.258 e. The van der Waals surface area contributed by atoms with Gasteiger partial charge in [0, 0.05) is 23.8 Å². The van der Waals surface area contributed by atoms with E-state index in [1.807, 2.05) is 0 Å². The van der Waals surface area contributed by atoms with Crippen molar-refractivity contribution in [2.24, 2.45) is 0 Å². The summed E-state index contributed by atoms with van der Waals surface area (Å²) in [6, 6.07) is 10.6. The van der Waals surface area contributed by atoms with Crippen molar-refractivity contribution >= 4 is 32.8 Å². The number of nitrogens with zero attached hydrogens (tertiary/aromatic N) is 2. The standard InChI is InChI=1S/C15H9FN2O2S/c1-9(10-3-2-4-12(7-10)18(19)20)15-17-13-8-11(16)5-6-14(13)21-15/h2-8H,1H2. The van der Waals surface area contributed by atoms with Gasteiger partial charge in [0.05, 0.1) is 15.1 Å². The summed E-state index contributed by atoms with van der Waals surface area (Å²) in [5, 5.41) is 11.4. The minimum atomic E-state index is -0.454. The Kier molecular flexibility index (Phi) is 3.23. The zero-order chi connectivity index (χ0) is 15.0. The van der Waals surface area contributed by atoms with Gasteiger partial charge in [-0.15, -0.1) is 11.3 Å². The van der Waals surface area contributed by atoms with E-state index in [1.165, 1.54) is 35.6 Å². The number of rotatable bonds is 3. The molecular weight excluding hydrogens is 291 g/mol. The first-order valence-electron chi connectivity index (χ1n) is 6.05. The van der Waals surface area contributed by atoms with E-state index in [-0.39, 0.29) is 11.5 Å². The largest absolute Gasteiger partial charge is 0.270 e. The van der Waals surface area contributed by atoms with Gasteiger partial charge in [0.2, 0.25) is 0 Å². The van der Waals surface area contributed by atoms with E-state index >= 15 is 0 Å². The number of hydrogen-bond acceptors (Lipinski definition) is 4. The van der Waals surface area contributed by atoms with E-state index in [0.29, 0.717) is 21.7 Å². The van der Waals surface area contributed by atoms with E-state index in [0.717, 1.165) is 4.70 Å². The number of fused-ring (bicyclic) bond motifs is 1. The molecule has 1 aromatic heterocycles. The Morgan fingerprint density at radius 3 is 2.86 bits per heavy atom. The number of non-ortho nitro benzene ring substituents is 1. The third kappa shape index (κ3) is 2.53. The van der Waals surface area contributed by atoms with Crippen LogP contribution in [0.4, 0.5) is 10.1 Å². The predicted octanol–water partition coefficient (Wildman–Crippen LogP) is 4.41. The van der Waals surface area contributed by atoms with Crippen LogP contribution in [0.3, 0.4) is 0 Å². The number of nitro groups is 1. The molecule has 0 N–H and O–H groups in total. The second-order valence-corrected chi connectivity index (χ2v) is 5.45. The SMILES string of the molecule is C=C(c1cccc([N+](=O)[O-])c1)c1nc2cc(F)ccc2s1. The predicted molar refractivity (Wildman–Crippen MR) is 80.8 cm³/mol. The molecule has 0 spiro atoms. The molecule has 104 valence electrons. The summed E-state index contributed by atoms with van der Waals surface area (Å²) in [4.78, 5) is 14.7. The molecule has 1 heterocycles. The Balaban J connectivity index is 2.03. The quantitative estimate of drug-likeness (QED) is 0.532. The molecule has 0 amide bonds.